The molecule has 1 saturated heterocycles. The van der Waals surface area contributed by atoms with Gasteiger partial charge in [-0.15, -0.1) is 0 Å². The highest BCUT2D eigenvalue weighted by Crippen LogP contribution is 2.22. The van der Waals surface area contributed by atoms with Crippen molar-refractivity contribution in [2.45, 2.75) is 52.2 Å². The smallest absolute Gasteiger partial charge is 0.0578 e. The zero-order chi connectivity index (χ0) is 12.0. The van der Waals surface area contributed by atoms with Crippen molar-refractivity contribution in [1.82, 2.24) is 10.2 Å². The summed E-state index contributed by atoms with van der Waals surface area (Å²) in [7, 11) is 0. The summed E-state index contributed by atoms with van der Waals surface area (Å²) in [5.41, 5.74) is 0. The Labute approximate surface area is 100 Å². The Morgan fingerprint density at radius 1 is 1.31 bits per heavy atom. The number of hydrogen-bond donors (Lipinski definition) is 2. The second-order valence-corrected chi connectivity index (χ2v) is 4.99. The van der Waals surface area contributed by atoms with Crippen LogP contribution in [0.15, 0.2) is 0 Å². The average Bonchev–Trinajstić information content (AvgIpc) is 2.28. The fourth-order valence-electron chi connectivity index (χ4n) is 2.78. The van der Waals surface area contributed by atoms with Crippen molar-refractivity contribution in [3.05, 3.63) is 0 Å². The minimum Gasteiger partial charge on any atom is -0.393 e. The van der Waals surface area contributed by atoms with Crippen molar-refractivity contribution in [3.8, 4) is 0 Å². The second-order valence-electron chi connectivity index (χ2n) is 4.99. The van der Waals surface area contributed by atoms with Gasteiger partial charge in [-0.1, -0.05) is 20.8 Å². The second kappa shape index (κ2) is 7.25. The van der Waals surface area contributed by atoms with Gasteiger partial charge < -0.3 is 15.3 Å². The quantitative estimate of drug-likeness (QED) is 0.722. The lowest BCUT2D eigenvalue weighted by Crippen LogP contribution is -2.51. The van der Waals surface area contributed by atoms with E-state index in [1.165, 1.54) is 6.42 Å². The van der Waals surface area contributed by atoms with Crippen LogP contribution in [0.2, 0.25) is 0 Å². The number of likely N-dealkylation sites (N-methyl/N-ethyl adjacent to an activating group) is 1. The lowest BCUT2D eigenvalue weighted by molar-refractivity contribution is 0.0360. The summed E-state index contributed by atoms with van der Waals surface area (Å²) < 4.78 is 0. The van der Waals surface area contributed by atoms with Crippen LogP contribution >= 0.6 is 0 Å². The van der Waals surface area contributed by atoms with Crippen LogP contribution in [0.3, 0.4) is 0 Å². The van der Waals surface area contributed by atoms with Gasteiger partial charge in [0.1, 0.15) is 0 Å². The molecule has 96 valence electrons. The molecular formula is C13H28N2O. The van der Waals surface area contributed by atoms with Gasteiger partial charge in [0.25, 0.3) is 0 Å². The molecule has 0 aliphatic carbocycles. The van der Waals surface area contributed by atoms with Crippen molar-refractivity contribution < 1.29 is 5.11 Å². The van der Waals surface area contributed by atoms with E-state index in [0.717, 1.165) is 39.0 Å². The van der Waals surface area contributed by atoms with Gasteiger partial charge in [0.05, 0.1) is 6.10 Å². The molecule has 1 aliphatic heterocycles. The summed E-state index contributed by atoms with van der Waals surface area (Å²) in [6.07, 6.45) is 3.08. The standard InChI is InChI=1S/C13H28N2O/c1-4-7-15-9-11(13(16)5-2)8-12(10-15)14-6-3/h11-14,16H,4-10H2,1-3H3. The van der Waals surface area contributed by atoms with E-state index in [2.05, 4.69) is 31.0 Å². The zero-order valence-corrected chi connectivity index (χ0v) is 11.1. The molecule has 0 aromatic rings. The Balaban J connectivity index is 2.51. The molecule has 2 N–H and O–H groups in total. The van der Waals surface area contributed by atoms with Crippen LogP contribution in [-0.2, 0) is 0 Å². The predicted molar refractivity (Wildman–Crippen MR) is 68.6 cm³/mol. The minimum atomic E-state index is -0.124. The summed E-state index contributed by atoms with van der Waals surface area (Å²) in [4.78, 5) is 2.50. The first kappa shape index (κ1) is 13.9. The maximum Gasteiger partial charge on any atom is 0.0578 e. The van der Waals surface area contributed by atoms with E-state index in [-0.39, 0.29) is 6.10 Å². The summed E-state index contributed by atoms with van der Waals surface area (Å²) >= 11 is 0. The van der Waals surface area contributed by atoms with Gasteiger partial charge in [-0.2, -0.15) is 0 Å². The van der Waals surface area contributed by atoms with Crippen molar-refractivity contribution in [2.75, 3.05) is 26.2 Å². The molecule has 0 saturated carbocycles. The van der Waals surface area contributed by atoms with Gasteiger partial charge in [0.2, 0.25) is 0 Å². The molecule has 0 amide bonds. The topological polar surface area (TPSA) is 35.5 Å². The van der Waals surface area contributed by atoms with Crippen LogP contribution in [0.5, 0.6) is 0 Å². The zero-order valence-electron chi connectivity index (χ0n) is 11.1. The first-order chi connectivity index (χ1) is 7.71. The molecule has 1 aliphatic rings. The molecule has 0 radical (unpaired) electrons. The molecule has 0 aromatic heterocycles. The molecule has 3 atom stereocenters. The molecule has 1 heterocycles. The van der Waals surface area contributed by atoms with E-state index in [0.29, 0.717) is 12.0 Å². The molecule has 3 unspecified atom stereocenters. The highest BCUT2D eigenvalue weighted by Gasteiger charge is 2.29. The summed E-state index contributed by atoms with van der Waals surface area (Å²) in [6, 6.07) is 0.566. The number of hydrogen-bond acceptors (Lipinski definition) is 3. The number of nitrogens with one attached hydrogen (secondary N) is 1. The number of piperidine rings is 1. The molecule has 3 nitrogen and oxygen atoms in total. The number of rotatable bonds is 6. The Morgan fingerprint density at radius 2 is 2.06 bits per heavy atom. The predicted octanol–water partition coefficient (Wildman–Crippen LogP) is 1.47. The third kappa shape index (κ3) is 4.04. The van der Waals surface area contributed by atoms with Crippen molar-refractivity contribution in [1.29, 1.82) is 0 Å². The van der Waals surface area contributed by atoms with Crippen LogP contribution < -0.4 is 5.32 Å². The van der Waals surface area contributed by atoms with Crippen molar-refractivity contribution in [2.24, 2.45) is 5.92 Å². The maximum absolute atomic E-state index is 10.0. The van der Waals surface area contributed by atoms with Crippen LogP contribution in [0.25, 0.3) is 0 Å². The summed E-state index contributed by atoms with van der Waals surface area (Å²) in [6.45, 7) is 10.9. The summed E-state index contributed by atoms with van der Waals surface area (Å²) in [5.74, 6) is 0.453. The largest absolute Gasteiger partial charge is 0.393 e. The normalized spacial score (nSPS) is 29.2. The van der Waals surface area contributed by atoms with Crippen LogP contribution in [0.1, 0.15) is 40.0 Å². The summed E-state index contributed by atoms with van der Waals surface area (Å²) in [5, 5.41) is 13.5. The molecular weight excluding hydrogens is 200 g/mol. The van der Waals surface area contributed by atoms with Gasteiger partial charge in [-0.05, 0) is 38.3 Å². The van der Waals surface area contributed by atoms with E-state index in [9.17, 15) is 5.11 Å². The Hall–Kier alpha value is -0.120. The monoisotopic (exact) mass is 228 g/mol. The number of aliphatic hydroxyl groups is 1. The molecule has 1 fully saturated rings. The molecule has 1 rings (SSSR count). The minimum absolute atomic E-state index is 0.124. The third-order valence-electron chi connectivity index (χ3n) is 3.55. The average molecular weight is 228 g/mol. The third-order valence-corrected chi connectivity index (χ3v) is 3.55. The molecule has 16 heavy (non-hydrogen) atoms. The first-order valence-electron chi connectivity index (χ1n) is 6.85. The Morgan fingerprint density at radius 3 is 2.62 bits per heavy atom. The lowest BCUT2D eigenvalue weighted by Gasteiger charge is -2.39. The van der Waals surface area contributed by atoms with E-state index in [1.54, 1.807) is 0 Å². The van der Waals surface area contributed by atoms with E-state index in [1.807, 2.05) is 0 Å². The fourth-order valence-corrected chi connectivity index (χ4v) is 2.78. The Bertz CT molecular complexity index is 173. The van der Waals surface area contributed by atoms with Gasteiger partial charge >= 0.3 is 0 Å². The van der Waals surface area contributed by atoms with Crippen LogP contribution in [-0.4, -0.2) is 48.3 Å². The molecule has 0 aromatic carbocycles. The molecule has 3 heteroatoms. The fraction of sp³-hybridized carbons (Fsp3) is 1.00. The maximum atomic E-state index is 10.0. The van der Waals surface area contributed by atoms with Gasteiger partial charge in [-0.3, -0.25) is 0 Å². The van der Waals surface area contributed by atoms with E-state index >= 15 is 0 Å². The number of likely N-dealkylation sites (tertiary alicyclic amines) is 1. The highest BCUT2D eigenvalue weighted by molar-refractivity contribution is 4.86. The van der Waals surface area contributed by atoms with Crippen molar-refractivity contribution in [3.63, 3.8) is 0 Å². The van der Waals surface area contributed by atoms with E-state index in [4.69, 9.17) is 0 Å². The number of nitrogens with zero attached hydrogens (tertiary/aromatic N) is 1. The van der Waals surface area contributed by atoms with Gasteiger partial charge in [0, 0.05) is 19.1 Å². The molecule has 0 bridgehead atoms. The van der Waals surface area contributed by atoms with Crippen LogP contribution in [0, 0.1) is 5.92 Å². The van der Waals surface area contributed by atoms with Gasteiger partial charge in [-0.25, -0.2) is 0 Å². The SMILES string of the molecule is CCCN1CC(NCC)CC(C(O)CC)C1. The number of aliphatic hydroxyl groups excluding tert-OH is 1. The Kier molecular flexibility index (Phi) is 6.32. The van der Waals surface area contributed by atoms with Crippen LogP contribution in [0.4, 0.5) is 0 Å². The highest BCUT2D eigenvalue weighted by atomic mass is 16.3. The lowest BCUT2D eigenvalue weighted by atomic mass is 9.88. The van der Waals surface area contributed by atoms with E-state index < -0.39 is 0 Å². The first-order valence-corrected chi connectivity index (χ1v) is 6.85. The van der Waals surface area contributed by atoms with Crippen molar-refractivity contribution >= 4 is 0 Å². The van der Waals surface area contributed by atoms with Gasteiger partial charge in [0.15, 0.2) is 0 Å². The molecule has 0 spiro atoms.